The van der Waals surface area contributed by atoms with Gasteiger partial charge in [0.2, 0.25) is 5.91 Å². The van der Waals surface area contributed by atoms with Gasteiger partial charge in [-0.15, -0.1) is 23.5 Å². The van der Waals surface area contributed by atoms with Gasteiger partial charge in [-0.25, -0.2) is 0 Å². The van der Waals surface area contributed by atoms with Crippen molar-refractivity contribution in [3.8, 4) is 0 Å². The van der Waals surface area contributed by atoms with Crippen LogP contribution in [-0.4, -0.2) is 39.8 Å². The smallest absolute Gasteiger partial charge is 0.243 e. The molecule has 0 spiro atoms. The lowest BCUT2D eigenvalue weighted by Gasteiger charge is -2.08. The topological polar surface area (TPSA) is 49.3 Å². The molecule has 5 heteroatoms. The van der Waals surface area contributed by atoms with Crippen molar-refractivity contribution in [3.05, 3.63) is 0 Å². The predicted octanol–water partition coefficient (Wildman–Crippen LogP) is 0.289. The summed E-state index contributed by atoms with van der Waals surface area (Å²) in [5.41, 5.74) is 0. The molecule has 0 aromatic carbocycles. The Morgan fingerprint density at radius 2 is 2.15 bits per heavy atom. The summed E-state index contributed by atoms with van der Waals surface area (Å²) in [6.45, 7) is 0.204. The number of carbonyl (C=O) groups excluding carboxylic acids is 1. The monoisotopic (exact) mass is 219 g/mol. The average molecular weight is 219 g/mol. The Bertz CT molecular complexity index is 206. The van der Waals surface area contributed by atoms with Crippen molar-refractivity contribution in [1.82, 2.24) is 5.32 Å². The third-order valence-corrected chi connectivity index (χ3v) is 5.31. The standard InChI is InChI=1S/C8H13NO2S2/c10-4-5-3-6(5)9-7(11)8-12-1-2-13-8/h5-6,8,10H,1-4H2,(H,9,11). The summed E-state index contributed by atoms with van der Waals surface area (Å²) in [5.74, 6) is 2.63. The molecule has 1 saturated carbocycles. The molecule has 74 valence electrons. The maximum Gasteiger partial charge on any atom is 0.243 e. The van der Waals surface area contributed by atoms with Gasteiger partial charge < -0.3 is 10.4 Å². The van der Waals surface area contributed by atoms with Crippen LogP contribution in [0.4, 0.5) is 0 Å². The van der Waals surface area contributed by atoms with Gasteiger partial charge in [0.05, 0.1) is 0 Å². The van der Waals surface area contributed by atoms with Crippen molar-refractivity contribution < 1.29 is 9.90 Å². The first-order valence-electron chi connectivity index (χ1n) is 4.45. The van der Waals surface area contributed by atoms with Crippen molar-refractivity contribution >= 4 is 29.4 Å². The van der Waals surface area contributed by atoms with E-state index in [1.165, 1.54) is 0 Å². The molecule has 2 N–H and O–H groups in total. The number of aliphatic hydroxyl groups excluding tert-OH is 1. The molecule has 3 nitrogen and oxygen atoms in total. The Labute approximate surface area is 86.0 Å². The summed E-state index contributed by atoms with van der Waals surface area (Å²) < 4.78 is 0.0972. The molecule has 2 aliphatic rings. The maximum atomic E-state index is 11.5. The minimum absolute atomic E-state index is 0.0972. The lowest BCUT2D eigenvalue weighted by Crippen LogP contribution is -2.32. The second-order valence-electron chi connectivity index (χ2n) is 3.37. The van der Waals surface area contributed by atoms with E-state index in [0.29, 0.717) is 5.92 Å². The maximum absolute atomic E-state index is 11.5. The van der Waals surface area contributed by atoms with E-state index in [-0.39, 0.29) is 23.1 Å². The molecule has 2 unspecified atom stereocenters. The van der Waals surface area contributed by atoms with Crippen LogP contribution < -0.4 is 5.32 Å². The van der Waals surface area contributed by atoms with E-state index in [0.717, 1.165) is 17.9 Å². The van der Waals surface area contributed by atoms with Crippen molar-refractivity contribution in [3.63, 3.8) is 0 Å². The number of rotatable bonds is 3. The molecule has 0 radical (unpaired) electrons. The molecular weight excluding hydrogens is 206 g/mol. The number of carbonyl (C=O) groups is 1. The van der Waals surface area contributed by atoms with Gasteiger partial charge in [0, 0.05) is 30.1 Å². The summed E-state index contributed by atoms with van der Waals surface area (Å²) in [6, 6.07) is 0.249. The first-order valence-corrected chi connectivity index (χ1v) is 6.55. The van der Waals surface area contributed by atoms with E-state index in [1.54, 1.807) is 23.5 Å². The number of amides is 1. The van der Waals surface area contributed by atoms with Gasteiger partial charge in [0.25, 0.3) is 0 Å². The van der Waals surface area contributed by atoms with Gasteiger partial charge in [0.15, 0.2) is 0 Å². The number of nitrogens with one attached hydrogen (secondary N) is 1. The van der Waals surface area contributed by atoms with Gasteiger partial charge in [-0.1, -0.05) is 0 Å². The quantitative estimate of drug-likeness (QED) is 0.716. The van der Waals surface area contributed by atoms with E-state index in [1.807, 2.05) is 0 Å². The fourth-order valence-electron chi connectivity index (χ4n) is 1.39. The molecule has 0 aromatic rings. The fourth-order valence-corrected chi connectivity index (χ4v) is 3.99. The van der Waals surface area contributed by atoms with Crippen molar-refractivity contribution in [2.45, 2.75) is 17.0 Å². The zero-order chi connectivity index (χ0) is 9.26. The fraction of sp³-hybridized carbons (Fsp3) is 0.875. The molecule has 0 bridgehead atoms. The Kier molecular flexibility index (Phi) is 3.06. The van der Waals surface area contributed by atoms with E-state index in [9.17, 15) is 4.79 Å². The minimum Gasteiger partial charge on any atom is -0.396 e. The van der Waals surface area contributed by atoms with Crippen LogP contribution in [0.5, 0.6) is 0 Å². The number of hydrogen-bond acceptors (Lipinski definition) is 4. The molecule has 1 saturated heterocycles. The van der Waals surface area contributed by atoms with Gasteiger partial charge in [0.1, 0.15) is 4.58 Å². The summed E-state index contributed by atoms with van der Waals surface area (Å²) in [6.07, 6.45) is 0.949. The van der Waals surface area contributed by atoms with Crippen LogP contribution in [0.3, 0.4) is 0 Å². The lowest BCUT2D eigenvalue weighted by molar-refractivity contribution is -0.119. The molecule has 1 aliphatic heterocycles. The van der Waals surface area contributed by atoms with Gasteiger partial charge in [-0.3, -0.25) is 4.79 Å². The summed E-state index contributed by atoms with van der Waals surface area (Å²) in [4.78, 5) is 11.5. The Morgan fingerprint density at radius 1 is 1.46 bits per heavy atom. The van der Waals surface area contributed by atoms with Gasteiger partial charge in [-0.2, -0.15) is 0 Å². The van der Waals surface area contributed by atoms with E-state index >= 15 is 0 Å². The van der Waals surface area contributed by atoms with Crippen molar-refractivity contribution in [1.29, 1.82) is 0 Å². The van der Waals surface area contributed by atoms with Crippen molar-refractivity contribution in [2.24, 2.45) is 5.92 Å². The Morgan fingerprint density at radius 3 is 2.69 bits per heavy atom. The van der Waals surface area contributed by atoms with Crippen LogP contribution in [0.2, 0.25) is 0 Å². The van der Waals surface area contributed by atoms with Crippen LogP contribution in [0.1, 0.15) is 6.42 Å². The molecule has 2 rings (SSSR count). The summed E-state index contributed by atoms with van der Waals surface area (Å²) >= 11 is 3.43. The number of aliphatic hydroxyl groups is 1. The van der Waals surface area contributed by atoms with E-state index < -0.39 is 0 Å². The highest BCUT2D eigenvalue weighted by Crippen LogP contribution is 2.34. The molecular formula is C8H13NO2S2. The largest absolute Gasteiger partial charge is 0.396 e. The second-order valence-corrected chi connectivity index (χ2v) is 6.09. The third kappa shape index (κ3) is 2.33. The average Bonchev–Trinajstić information content (AvgIpc) is 2.68. The summed E-state index contributed by atoms with van der Waals surface area (Å²) in [5, 5.41) is 11.7. The normalized spacial score (nSPS) is 33.3. The first kappa shape index (κ1) is 9.68. The van der Waals surface area contributed by atoms with Crippen LogP contribution in [-0.2, 0) is 4.79 Å². The second kappa shape index (κ2) is 4.11. The minimum atomic E-state index is 0.0972. The molecule has 1 heterocycles. The Balaban J connectivity index is 1.72. The summed E-state index contributed by atoms with van der Waals surface area (Å²) in [7, 11) is 0. The lowest BCUT2D eigenvalue weighted by atomic mass is 10.4. The zero-order valence-electron chi connectivity index (χ0n) is 7.23. The highest BCUT2D eigenvalue weighted by molar-refractivity contribution is 8.21. The van der Waals surface area contributed by atoms with Crippen LogP contribution in [0, 0.1) is 5.92 Å². The van der Waals surface area contributed by atoms with Gasteiger partial charge >= 0.3 is 0 Å². The van der Waals surface area contributed by atoms with Crippen molar-refractivity contribution in [2.75, 3.05) is 18.1 Å². The highest BCUT2D eigenvalue weighted by atomic mass is 32.2. The zero-order valence-corrected chi connectivity index (χ0v) is 8.87. The Hall–Kier alpha value is 0.130. The molecule has 1 amide bonds. The van der Waals surface area contributed by atoms with Gasteiger partial charge in [-0.05, 0) is 6.42 Å². The SMILES string of the molecule is O=C(NC1CC1CO)C1SCCS1. The molecule has 2 atom stereocenters. The van der Waals surface area contributed by atoms with E-state index in [4.69, 9.17) is 5.11 Å². The van der Waals surface area contributed by atoms with Crippen LogP contribution in [0.15, 0.2) is 0 Å². The number of thioether (sulfide) groups is 2. The predicted molar refractivity (Wildman–Crippen MR) is 55.8 cm³/mol. The first-order chi connectivity index (χ1) is 6.31. The third-order valence-electron chi connectivity index (χ3n) is 2.32. The highest BCUT2D eigenvalue weighted by Gasteiger charge is 2.39. The molecule has 2 fully saturated rings. The molecule has 0 aromatic heterocycles. The van der Waals surface area contributed by atoms with E-state index in [2.05, 4.69) is 5.32 Å². The molecule has 1 aliphatic carbocycles. The molecule has 13 heavy (non-hydrogen) atoms. The van der Waals surface area contributed by atoms with Crippen LogP contribution >= 0.6 is 23.5 Å². The number of hydrogen-bond donors (Lipinski definition) is 2. The van der Waals surface area contributed by atoms with Crippen LogP contribution in [0.25, 0.3) is 0 Å².